The van der Waals surface area contributed by atoms with Crippen molar-refractivity contribution in [3.05, 3.63) is 65.1 Å². The van der Waals surface area contributed by atoms with E-state index in [2.05, 4.69) is 15.0 Å². The molecule has 0 aliphatic rings. The molecule has 0 radical (unpaired) electrons. The Labute approximate surface area is 136 Å². The third kappa shape index (κ3) is 2.89. The van der Waals surface area contributed by atoms with Gasteiger partial charge in [0.05, 0.1) is 28.9 Å². The highest BCUT2D eigenvalue weighted by molar-refractivity contribution is 6.34. The predicted octanol–water partition coefficient (Wildman–Crippen LogP) is 3.03. The van der Waals surface area contributed by atoms with Gasteiger partial charge in [0.25, 0.3) is 5.91 Å². The third-order valence-electron chi connectivity index (χ3n) is 3.30. The molecule has 0 bridgehead atoms. The number of fused-ring (bicyclic) bond motifs is 1. The number of halogens is 1. The first-order chi connectivity index (χ1) is 11.1. The second-order valence-electron chi connectivity index (χ2n) is 4.72. The van der Waals surface area contributed by atoms with E-state index in [0.29, 0.717) is 27.5 Å². The normalized spacial score (nSPS) is 10.5. The molecule has 2 aromatic heterocycles. The number of amides is 1. The second kappa shape index (κ2) is 6.10. The average molecular weight is 330 g/mol. The van der Waals surface area contributed by atoms with Crippen LogP contribution >= 0.6 is 11.6 Å². The molecule has 7 heteroatoms. The molecule has 1 amide bonds. The largest absolute Gasteiger partial charge is 0.465 e. The quantitative estimate of drug-likeness (QED) is 0.750. The van der Waals surface area contributed by atoms with Crippen LogP contribution in [-0.4, -0.2) is 28.4 Å². The maximum absolute atomic E-state index is 12.5. The second-order valence-corrected chi connectivity index (χ2v) is 5.13. The van der Waals surface area contributed by atoms with Crippen molar-refractivity contribution >= 4 is 34.8 Å². The van der Waals surface area contributed by atoms with Crippen LogP contribution in [0.2, 0.25) is 5.02 Å². The van der Waals surface area contributed by atoms with Crippen LogP contribution in [0.4, 0.5) is 5.69 Å². The number of pyridine rings is 1. The van der Waals surface area contributed by atoms with E-state index >= 15 is 0 Å². The zero-order chi connectivity index (χ0) is 16.4. The first-order valence-electron chi connectivity index (χ1n) is 6.71. The van der Waals surface area contributed by atoms with Crippen LogP contribution in [0, 0.1) is 0 Å². The third-order valence-corrected chi connectivity index (χ3v) is 3.63. The van der Waals surface area contributed by atoms with Crippen LogP contribution in [0.1, 0.15) is 20.7 Å². The van der Waals surface area contributed by atoms with Crippen LogP contribution in [-0.2, 0) is 4.74 Å². The minimum Gasteiger partial charge on any atom is -0.465 e. The first-order valence-corrected chi connectivity index (χ1v) is 7.09. The molecular weight excluding hydrogens is 318 g/mol. The van der Waals surface area contributed by atoms with E-state index in [1.165, 1.54) is 25.3 Å². The Morgan fingerprint density at radius 3 is 2.87 bits per heavy atom. The molecule has 1 N–H and O–H groups in total. The van der Waals surface area contributed by atoms with E-state index in [1.54, 1.807) is 35.1 Å². The van der Waals surface area contributed by atoms with Crippen molar-refractivity contribution in [2.75, 3.05) is 12.4 Å². The van der Waals surface area contributed by atoms with Crippen molar-refractivity contribution in [1.82, 2.24) is 9.38 Å². The number of esters is 1. The standard InChI is InChI=1S/C16H12ClN3O3/c1-23-16(22)10-4-5-12(17)13(9-10)19-15(21)11-3-2-7-20-8-6-18-14(11)20/h2-9H,1H3,(H,19,21). The van der Waals surface area contributed by atoms with E-state index in [4.69, 9.17) is 11.6 Å². The molecule has 1 aromatic carbocycles. The Morgan fingerprint density at radius 1 is 1.26 bits per heavy atom. The van der Waals surface area contributed by atoms with E-state index in [-0.39, 0.29) is 5.91 Å². The highest BCUT2D eigenvalue weighted by Crippen LogP contribution is 2.24. The maximum atomic E-state index is 12.5. The number of nitrogens with zero attached hydrogens (tertiary/aromatic N) is 2. The van der Waals surface area contributed by atoms with Gasteiger partial charge in [-0.05, 0) is 30.3 Å². The van der Waals surface area contributed by atoms with Crippen LogP contribution in [0.25, 0.3) is 5.65 Å². The van der Waals surface area contributed by atoms with Crippen molar-refractivity contribution in [3.8, 4) is 0 Å². The van der Waals surface area contributed by atoms with Gasteiger partial charge in [-0.25, -0.2) is 9.78 Å². The number of methoxy groups -OCH3 is 1. The zero-order valence-electron chi connectivity index (χ0n) is 12.1. The zero-order valence-corrected chi connectivity index (χ0v) is 12.9. The van der Waals surface area contributed by atoms with E-state index in [9.17, 15) is 9.59 Å². The highest BCUT2D eigenvalue weighted by atomic mass is 35.5. The van der Waals surface area contributed by atoms with Crippen LogP contribution in [0.5, 0.6) is 0 Å². The van der Waals surface area contributed by atoms with Crippen molar-refractivity contribution in [3.63, 3.8) is 0 Å². The highest BCUT2D eigenvalue weighted by Gasteiger charge is 2.15. The predicted molar refractivity (Wildman–Crippen MR) is 85.9 cm³/mol. The lowest BCUT2D eigenvalue weighted by molar-refractivity contribution is 0.0600. The van der Waals surface area contributed by atoms with Crippen LogP contribution < -0.4 is 5.32 Å². The molecule has 6 nitrogen and oxygen atoms in total. The molecular formula is C16H12ClN3O3. The minimum absolute atomic E-state index is 0.297. The number of hydrogen-bond acceptors (Lipinski definition) is 4. The van der Waals surface area contributed by atoms with E-state index in [0.717, 1.165) is 0 Å². The molecule has 0 atom stereocenters. The van der Waals surface area contributed by atoms with Gasteiger partial charge in [0.15, 0.2) is 0 Å². The summed E-state index contributed by atoms with van der Waals surface area (Å²) in [5, 5.41) is 3.02. The fourth-order valence-corrected chi connectivity index (χ4v) is 2.35. The number of benzene rings is 1. The van der Waals surface area contributed by atoms with Gasteiger partial charge >= 0.3 is 5.97 Å². The van der Waals surface area contributed by atoms with Crippen LogP contribution in [0.15, 0.2) is 48.9 Å². The number of carbonyl (C=O) groups excluding carboxylic acids is 2. The summed E-state index contributed by atoms with van der Waals surface area (Å²) in [4.78, 5) is 28.2. The molecule has 0 saturated carbocycles. The lowest BCUT2D eigenvalue weighted by atomic mass is 10.2. The summed E-state index contributed by atoms with van der Waals surface area (Å²) in [5.74, 6) is -0.877. The molecule has 23 heavy (non-hydrogen) atoms. The number of aromatic nitrogens is 2. The molecule has 2 heterocycles. The summed E-state index contributed by atoms with van der Waals surface area (Å²) < 4.78 is 6.40. The molecule has 3 aromatic rings. The SMILES string of the molecule is COC(=O)c1ccc(Cl)c(NC(=O)c2cccn3ccnc23)c1. The molecule has 0 fully saturated rings. The van der Waals surface area contributed by atoms with Gasteiger partial charge in [-0.3, -0.25) is 4.79 Å². The average Bonchev–Trinajstić information content (AvgIpc) is 3.04. The van der Waals surface area contributed by atoms with E-state index in [1.807, 2.05) is 0 Å². The van der Waals surface area contributed by atoms with Gasteiger partial charge in [0.2, 0.25) is 0 Å². The van der Waals surface area contributed by atoms with Gasteiger partial charge in [0.1, 0.15) is 5.65 Å². The Bertz CT molecular complexity index is 904. The summed E-state index contributed by atoms with van der Waals surface area (Å²) >= 11 is 6.09. The fourth-order valence-electron chi connectivity index (χ4n) is 2.18. The lowest BCUT2D eigenvalue weighted by Gasteiger charge is -2.09. The number of nitrogens with one attached hydrogen (secondary N) is 1. The van der Waals surface area contributed by atoms with Gasteiger partial charge in [-0.1, -0.05) is 11.6 Å². The monoisotopic (exact) mass is 329 g/mol. The summed E-state index contributed by atoms with van der Waals surface area (Å²) in [7, 11) is 1.29. The summed E-state index contributed by atoms with van der Waals surface area (Å²) in [5.41, 5.74) is 1.56. The maximum Gasteiger partial charge on any atom is 0.337 e. The molecule has 116 valence electrons. The topological polar surface area (TPSA) is 72.7 Å². The van der Waals surface area contributed by atoms with Crippen molar-refractivity contribution in [2.45, 2.75) is 0 Å². The number of hydrogen-bond donors (Lipinski definition) is 1. The van der Waals surface area contributed by atoms with Gasteiger partial charge in [-0.2, -0.15) is 0 Å². The molecule has 0 aliphatic heterocycles. The Hall–Kier alpha value is -2.86. The van der Waals surface area contributed by atoms with Gasteiger partial charge < -0.3 is 14.5 Å². The van der Waals surface area contributed by atoms with Gasteiger partial charge in [-0.15, -0.1) is 0 Å². The number of ether oxygens (including phenoxy) is 1. The minimum atomic E-state index is -0.507. The molecule has 0 saturated heterocycles. The number of rotatable bonds is 3. The Kier molecular flexibility index (Phi) is 3.99. The smallest absolute Gasteiger partial charge is 0.337 e. The van der Waals surface area contributed by atoms with Gasteiger partial charge in [0, 0.05) is 18.6 Å². The molecule has 0 spiro atoms. The lowest BCUT2D eigenvalue weighted by Crippen LogP contribution is -2.14. The summed E-state index contributed by atoms with van der Waals surface area (Å²) in [6.45, 7) is 0. The van der Waals surface area contributed by atoms with Crippen molar-refractivity contribution < 1.29 is 14.3 Å². The summed E-state index contributed by atoms with van der Waals surface area (Å²) in [6.07, 6.45) is 5.15. The fraction of sp³-hybridized carbons (Fsp3) is 0.0625. The summed E-state index contributed by atoms with van der Waals surface area (Å²) in [6, 6.07) is 7.93. The number of carbonyl (C=O) groups is 2. The molecule has 0 unspecified atom stereocenters. The number of anilines is 1. The number of imidazole rings is 1. The molecule has 3 rings (SSSR count). The van der Waals surface area contributed by atoms with Crippen molar-refractivity contribution in [2.24, 2.45) is 0 Å². The molecule has 0 aliphatic carbocycles. The van der Waals surface area contributed by atoms with Crippen molar-refractivity contribution in [1.29, 1.82) is 0 Å². The first kappa shape index (κ1) is 15.1. The van der Waals surface area contributed by atoms with E-state index < -0.39 is 5.97 Å². The Morgan fingerprint density at radius 2 is 2.09 bits per heavy atom. The Balaban J connectivity index is 1.94. The van der Waals surface area contributed by atoms with Crippen LogP contribution in [0.3, 0.4) is 0 Å².